The van der Waals surface area contributed by atoms with Crippen LogP contribution in [0.3, 0.4) is 0 Å². The third-order valence-electron chi connectivity index (χ3n) is 4.56. The first-order valence-electron chi connectivity index (χ1n) is 8.62. The van der Waals surface area contributed by atoms with Crippen LogP contribution in [0.25, 0.3) is 0 Å². The van der Waals surface area contributed by atoms with E-state index in [1.807, 2.05) is 0 Å². The number of nitrogens with zero attached hydrogens (tertiary/aromatic N) is 2. The molecule has 1 aromatic carbocycles. The van der Waals surface area contributed by atoms with Gasteiger partial charge in [-0.25, -0.2) is 17.5 Å². The molecule has 0 unspecified atom stereocenters. The standard InChI is InChI=1S/C17H19F4N3O3S/c1-27-14-7-6-11(18)10-15(14)28(25,26)22-8-9-24-13-5-3-2-4-12(13)16(23-24)17(19,20)21/h6-7,10,22H,2-5,8-9H2,1H3. The van der Waals surface area contributed by atoms with Crippen molar-refractivity contribution in [3.8, 4) is 5.75 Å². The van der Waals surface area contributed by atoms with E-state index in [1.54, 1.807) is 0 Å². The molecule has 1 N–H and O–H groups in total. The van der Waals surface area contributed by atoms with Crippen LogP contribution in [0.2, 0.25) is 0 Å². The Labute approximate surface area is 159 Å². The topological polar surface area (TPSA) is 73.2 Å². The maximum absolute atomic E-state index is 13.4. The SMILES string of the molecule is COc1ccc(F)cc1S(=O)(=O)NCCn1nc(C(F)(F)F)c2c1CCCC2. The molecular weight excluding hydrogens is 402 g/mol. The summed E-state index contributed by atoms with van der Waals surface area (Å²) in [5.41, 5.74) is -0.230. The van der Waals surface area contributed by atoms with E-state index in [-0.39, 0.29) is 29.3 Å². The second-order valence-electron chi connectivity index (χ2n) is 6.39. The molecule has 3 rings (SSSR count). The van der Waals surface area contributed by atoms with Gasteiger partial charge in [-0.1, -0.05) is 0 Å². The van der Waals surface area contributed by atoms with Crippen LogP contribution in [0.5, 0.6) is 5.75 Å². The fourth-order valence-corrected chi connectivity index (χ4v) is 4.51. The van der Waals surface area contributed by atoms with Crippen LogP contribution in [0, 0.1) is 5.82 Å². The minimum atomic E-state index is -4.55. The highest BCUT2D eigenvalue weighted by molar-refractivity contribution is 7.89. The highest BCUT2D eigenvalue weighted by Gasteiger charge is 2.39. The van der Waals surface area contributed by atoms with Crippen molar-refractivity contribution in [1.29, 1.82) is 0 Å². The highest BCUT2D eigenvalue weighted by atomic mass is 32.2. The number of methoxy groups -OCH3 is 1. The molecule has 11 heteroatoms. The second kappa shape index (κ2) is 7.70. The average Bonchev–Trinajstić information content (AvgIpc) is 3.01. The number of hydrogen-bond donors (Lipinski definition) is 1. The first-order valence-corrected chi connectivity index (χ1v) is 10.1. The molecule has 6 nitrogen and oxygen atoms in total. The van der Waals surface area contributed by atoms with Crippen molar-refractivity contribution in [2.45, 2.75) is 43.3 Å². The van der Waals surface area contributed by atoms with Gasteiger partial charge < -0.3 is 4.74 Å². The predicted molar refractivity (Wildman–Crippen MR) is 92.0 cm³/mol. The fourth-order valence-electron chi connectivity index (χ4n) is 3.31. The van der Waals surface area contributed by atoms with Gasteiger partial charge in [0.05, 0.1) is 13.7 Å². The molecule has 0 saturated heterocycles. The van der Waals surface area contributed by atoms with Crippen LogP contribution < -0.4 is 9.46 Å². The van der Waals surface area contributed by atoms with Gasteiger partial charge in [-0.3, -0.25) is 4.68 Å². The molecule has 0 saturated carbocycles. The number of nitrogens with one attached hydrogen (secondary N) is 1. The molecule has 0 amide bonds. The molecule has 0 fully saturated rings. The van der Waals surface area contributed by atoms with Gasteiger partial charge in [-0.15, -0.1) is 0 Å². The van der Waals surface area contributed by atoms with Crippen LogP contribution in [0.4, 0.5) is 17.6 Å². The Bertz CT molecular complexity index is 971. The summed E-state index contributed by atoms with van der Waals surface area (Å²) >= 11 is 0. The number of benzene rings is 1. The lowest BCUT2D eigenvalue weighted by molar-refractivity contribution is -0.142. The fraction of sp³-hybridized carbons (Fsp3) is 0.471. The van der Waals surface area contributed by atoms with E-state index < -0.39 is 27.7 Å². The Morgan fingerprint density at radius 1 is 1.25 bits per heavy atom. The van der Waals surface area contributed by atoms with E-state index in [1.165, 1.54) is 17.9 Å². The summed E-state index contributed by atoms with van der Waals surface area (Å²) in [6, 6.07) is 3.06. The van der Waals surface area contributed by atoms with Crippen LogP contribution >= 0.6 is 0 Å². The quantitative estimate of drug-likeness (QED) is 0.728. The van der Waals surface area contributed by atoms with Crippen molar-refractivity contribution < 1.29 is 30.7 Å². The van der Waals surface area contributed by atoms with Crippen molar-refractivity contribution in [1.82, 2.24) is 14.5 Å². The molecular formula is C17H19F4N3O3S. The Balaban J connectivity index is 1.79. The Kier molecular flexibility index (Phi) is 5.67. The lowest BCUT2D eigenvalue weighted by Crippen LogP contribution is -2.28. The summed E-state index contributed by atoms with van der Waals surface area (Å²) in [5.74, 6) is -0.790. The van der Waals surface area contributed by atoms with Crippen LogP contribution in [-0.4, -0.2) is 31.9 Å². The molecule has 1 aromatic heterocycles. The lowest BCUT2D eigenvalue weighted by atomic mass is 9.95. The van der Waals surface area contributed by atoms with Crippen molar-refractivity contribution in [2.75, 3.05) is 13.7 Å². The average molecular weight is 421 g/mol. The zero-order chi connectivity index (χ0) is 20.5. The van der Waals surface area contributed by atoms with Crippen molar-refractivity contribution in [2.24, 2.45) is 0 Å². The lowest BCUT2D eigenvalue weighted by Gasteiger charge is -2.15. The molecule has 154 valence electrons. The van der Waals surface area contributed by atoms with Crippen LogP contribution in [0.15, 0.2) is 23.1 Å². The summed E-state index contributed by atoms with van der Waals surface area (Å²) in [4.78, 5) is -0.381. The minimum absolute atomic E-state index is 0.0373. The van der Waals surface area contributed by atoms with Crippen molar-refractivity contribution >= 4 is 10.0 Å². The number of ether oxygens (including phenoxy) is 1. The minimum Gasteiger partial charge on any atom is -0.495 e. The summed E-state index contributed by atoms with van der Waals surface area (Å²) < 4.78 is 86.3. The maximum atomic E-state index is 13.4. The van der Waals surface area contributed by atoms with E-state index in [0.29, 0.717) is 25.0 Å². The molecule has 0 radical (unpaired) electrons. The first-order chi connectivity index (χ1) is 13.1. The number of sulfonamides is 1. The zero-order valence-electron chi connectivity index (χ0n) is 15.0. The van der Waals surface area contributed by atoms with E-state index >= 15 is 0 Å². The van der Waals surface area contributed by atoms with Crippen LogP contribution in [-0.2, 0) is 35.6 Å². The summed E-state index contributed by atoms with van der Waals surface area (Å²) in [5, 5.41) is 3.68. The number of fused-ring (bicyclic) bond motifs is 1. The molecule has 1 aliphatic carbocycles. The zero-order valence-corrected chi connectivity index (χ0v) is 15.8. The molecule has 0 atom stereocenters. The molecule has 1 aliphatic rings. The normalized spacial score (nSPS) is 14.8. The predicted octanol–water partition coefficient (Wildman–Crippen LogP) is 2.91. The summed E-state index contributed by atoms with van der Waals surface area (Å²) in [6.07, 6.45) is -2.38. The highest BCUT2D eigenvalue weighted by Crippen LogP contribution is 2.35. The Morgan fingerprint density at radius 2 is 1.96 bits per heavy atom. The van der Waals surface area contributed by atoms with Crippen molar-refractivity contribution in [3.05, 3.63) is 41.0 Å². The largest absolute Gasteiger partial charge is 0.495 e. The molecule has 2 aromatic rings. The third-order valence-corrected chi connectivity index (χ3v) is 6.04. The van der Waals surface area contributed by atoms with Gasteiger partial charge in [0, 0.05) is 17.8 Å². The first kappa shape index (κ1) is 20.6. The van der Waals surface area contributed by atoms with Gasteiger partial charge in [0.2, 0.25) is 10.0 Å². The molecule has 0 aliphatic heterocycles. The van der Waals surface area contributed by atoms with E-state index in [4.69, 9.17) is 4.74 Å². The van der Waals surface area contributed by atoms with Gasteiger partial charge in [-0.2, -0.15) is 18.3 Å². The molecule has 0 spiro atoms. The maximum Gasteiger partial charge on any atom is 0.435 e. The van der Waals surface area contributed by atoms with Crippen molar-refractivity contribution in [3.63, 3.8) is 0 Å². The smallest absolute Gasteiger partial charge is 0.435 e. The number of rotatable bonds is 6. The van der Waals surface area contributed by atoms with E-state index in [9.17, 15) is 26.0 Å². The van der Waals surface area contributed by atoms with E-state index in [0.717, 1.165) is 18.6 Å². The number of halogens is 4. The van der Waals surface area contributed by atoms with Gasteiger partial charge in [0.15, 0.2) is 5.69 Å². The Morgan fingerprint density at radius 3 is 2.64 bits per heavy atom. The summed E-state index contributed by atoms with van der Waals surface area (Å²) in [7, 11) is -2.87. The van der Waals surface area contributed by atoms with Gasteiger partial charge in [-0.05, 0) is 43.9 Å². The number of alkyl halides is 3. The number of aromatic nitrogens is 2. The summed E-state index contributed by atoms with van der Waals surface area (Å²) in [6.45, 7) is -0.275. The molecule has 0 bridgehead atoms. The monoisotopic (exact) mass is 421 g/mol. The third kappa shape index (κ3) is 4.14. The Hall–Kier alpha value is -2.14. The molecule has 1 heterocycles. The van der Waals surface area contributed by atoms with E-state index in [2.05, 4.69) is 9.82 Å². The second-order valence-corrected chi connectivity index (χ2v) is 8.13. The number of hydrogen-bond acceptors (Lipinski definition) is 4. The van der Waals surface area contributed by atoms with Gasteiger partial charge >= 0.3 is 6.18 Å². The molecule has 28 heavy (non-hydrogen) atoms. The van der Waals surface area contributed by atoms with Gasteiger partial charge in [0.1, 0.15) is 16.5 Å². The van der Waals surface area contributed by atoms with Crippen LogP contribution in [0.1, 0.15) is 29.8 Å². The van der Waals surface area contributed by atoms with Gasteiger partial charge in [0.25, 0.3) is 0 Å².